The molecule has 0 saturated heterocycles. The summed E-state index contributed by atoms with van der Waals surface area (Å²) in [4.78, 5) is 4.48. The highest BCUT2D eigenvalue weighted by Gasteiger charge is 2.26. The molecule has 0 bridgehead atoms. The lowest BCUT2D eigenvalue weighted by Gasteiger charge is -2.11. The maximum Gasteiger partial charge on any atom is 0.297 e. The van der Waals surface area contributed by atoms with Gasteiger partial charge in [-0.2, -0.15) is 4.98 Å². The Bertz CT molecular complexity index is 800. The van der Waals surface area contributed by atoms with Crippen LogP contribution in [0.1, 0.15) is 0 Å². The van der Waals surface area contributed by atoms with Gasteiger partial charge in [0.2, 0.25) is 0 Å². The molecule has 3 aromatic rings. The van der Waals surface area contributed by atoms with Crippen LogP contribution in [0.3, 0.4) is 0 Å². The van der Waals surface area contributed by atoms with E-state index in [1.54, 1.807) is 6.07 Å². The first-order chi connectivity index (χ1) is 10.3. The number of rotatable bonds is 3. The van der Waals surface area contributed by atoms with Crippen LogP contribution in [0.25, 0.3) is 11.0 Å². The number of fused-ring (bicyclic) bond motifs is 3. The minimum absolute atomic E-state index is 0.0314. The van der Waals surface area contributed by atoms with E-state index in [-0.39, 0.29) is 6.10 Å². The number of benzene rings is 2. The molecule has 1 atom stereocenters. The predicted octanol–water partition coefficient (Wildman–Crippen LogP) is 3.53. The zero-order valence-corrected chi connectivity index (χ0v) is 12.0. The number of nitrogens with zero attached hydrogens (tertiary/aromatic N) is 2. The lowest BCUT2D eigenvalue weighted by Crippen LogP contribution is -2.23. The van der Waals surface area contributed by atoms with E-state index in [2.05, 4.69) is 15.6 Å². The van der Waals surface area contributed by atoms with Crippen molar-refractivity contribution in [3.8, 4) is 11.8 Å². The lowest BCUT2D eigenvalue weighted by molar-refractivity contribution is 0.144. The molecule has 106 valence electrons. The molecule has 0 spiro atoms. The Morgan fingerprint density at radius 3 is 3.05 bits per heavy atom. The van der Waals surface area contributed by atoms with Crippen molar-refractivity contribution in [1.82, 2.24) is 9.55 Å². The molecule has 2 aromatic carbocycles. The second-order valence-electron chi connectivity index (χ2n) is 5.00. The Morgan fingerprint density at radius 1 is 1.24 bits per heavy atom. The number of ether oxygens (including phenoxy) is 2. The van der Waals surface area contributed by atoms with E-state index in [1.165, 1.54) is 0 Å². The van der Waals surface area contributed by atoms with Crippen molar-refractivity contribution >= 4 is 22.6 Å². The molecule has 2 heterocycles. The van der Waals surface area contributed by atoms with Crippen molar-refractivity contribution in [3.05, 3.63) is 53.6 Å². The van der Waals surface area contributed by atoms with Gasteiger partial charge in [0.25, 0.3) is 6.01 Å². The Kier molecular flexibility index (Phi) is 2.97. The van der Waals surface area contributed by atoms with E-state index in [9.17, 15) is 0 Å². The topological polar surface area (TPSA) is 36.3 Å². The maximum absolute atomic E-state index is 5.94. The molecule has 0 radical (unpaired) electrons. The molecular weight excluding hydrogens is 288 g/mol. The first-order valence-electron chi connectivity index (χ1n) is 6.80. The zero-order valence-electron chi connectivity index (χ0n) is 11.2. The van der Waals surface area contributed by atoms with Crippen molar-refractivity contribution < 1.29 is 9.47 Å². The smallest absolute Gasteiger partial charge is 0.297 e. The van der Waals surface area contributed by atoms with Gasteiger partial charge in [-0.3, -0.25) is 4.57 Å². The summed E-state index contributed by atoms with van der Waals surface area (Å²) in [7, 11) is 0. The molecule has 4 rings (SSSR count). The van der Waals surface area contributed by atoms with E-state index >= 15 is 0 Å². The maximum atomic E-state index is 5.94. The van der Waals surface area contributed by atoms with Crippen LogP contribution in [-0.4, -0.2) is 22.3 Å². The minimum atomic E-state index is -0.0314. The third-order valence-electron chi connectivity index (χ3n) is 3.51. The quantitative estimate of drug-likeness (QED) is 0.742. The molecule has 1 aliphatic heterocycles. The summed E-state index contributed by atoms with van der Waals surface area (Å²) >= 11 is 5.94. The van der Waals surface area contributed by atoms with Gasteiger partial charge < -0.3 is 9.47 Å². The summed E-state index contributed by atoms with van der Waals surface area (Å²) in [5, 5.41) is 0.666. The molecule has 1 aliphatic rings. The van der Waals surface area contributed by atoms with Crippen molar-refractivity contribution in [1.29, 1.82) is 0 Å². The lowest BCUT2D eigenvalue weighted by atomic mass is 10.3. The highest BCUT2D eigenvalue weighted by atomic mass is 35.5. The van der Waals surface area contributed by atoms with Gasteiger partial charge in [-0.25, -0.2) is 0 Å². The third kappa shape index (κ3) is 2.32. The first kappa shape index (κ1) is 12.5. The van der Waals surface area contributed by atoms with E-state index in [1.807, 2.05) is 36.4 Å². The molecule has 0 amide bonds. The summed E-state index contributed by atoms with van der Waals surface area (Å²) in [6, 6.07) is 16.1. The Hall–Kier alpha value is -2.20. The Morgan fingerprint density at radius 2 is 2.14 bits per heavy atom. The Balaban J connectivity index is 1.47. The van der Waals surface area contributed by atoms with Crippen LogP contribution in [-0.2, 0) is 6.54 Å². The van der Waals surface area contributed by atoms with Gasteiger partial charge in [-0.15, -0.1) is 0 Å². The number of hydrogen-bond donors (Lipinski definition) is 0. The van der Waals surface area contributed by atoms with Crippen LogP contribution in [0.2, 0.25) is 5.02 Å². The van der Waals surface area contributed by atoms with E-state index in [4.69, 9.17) is 21.1 Å². The monoisotopic (exact) mass is 300 g/mol. The molecule has 0 aliphatic carbocycles. The van der Waals surface area contributed by atoms with Crippen LogP contribution in [0.5, 0.6) is 11.8 Å². The van der Waals surface area contributed by atoms with Crippen molar-refractivity contribution in [2.24, 2.45) is 0 Å². The van der Waals surface area contributed by atoms with Gasteiger partial charge in [0.05, 0.1) is 17.6 Å². The van der Waals surface area contributed by atoms with E-state index < -0.39 is 0 Å². The fourth-order valence-corrected chi connectivity index (χ4v) is 2.72. The summed E-state index contributed by atoms with van der Waals surface area (Å²) in [5.74, 6) is 0.750. The second-order valence-corrected chi connectivity index (χ2v) is 5.44. The van der Waals surface area contributed by atoms with Crippen LogP contribution in [0.15, 0.2) is 48.5 Å². The fraction of sp³-hybridized carbons (Fsp3) is 0.188. The van der Waals surface area contributed by atoms with Crippen molar-refractivity contribution in [2.75, 3.05) is 6.61 Å². The normalized spacial score (nSPS) is 16.7. The van der Waals surface area contributed by atoms with Crippen LogP contribution < -0.4 is 9.47 Å². The number of halogens is 1. The average Bonchev–Trinajstić information content (AvgIpc) is 3.02. The zero-order chi connectivity index (χ0) is 14.2. The van der Waals surface area contributed by atoms with Gasteiger partial charge in [0, 0.05) is 5.02 Å². The molecule has 0 N–H and O–H groups in total. The number of aromatic nitrogens is 2. The molecule has 5 heteroatoms. The van der Waals surface area contributed by atoms with Gasteiger partial charge in [0.15, 0.2) is 6.10 Å². The van der Waals surface area contributed by atoms with Gasteiger partial charge in [-0.05, 0) is 30.3 Å². The van der Waals surface area contributed by atoms with E-state index in [0.717, 1.165) is 23.3 Å². The second kappa shape index (κ2) is 4.97. The summed E-state index contributed by atoms with van der Waals surface area (Å²) in [6.45, 7) is 1.22. The molecule has 0 saturated carbocycles. The molecule has 0 unspecified atom stereocenters. The number of imidazole rings is 1. The van der Waals surface area contributed by atoms with Gasteiger partial charge in [-0.1, -0.05) is 29.8 Å². The van der Waals surface area contributed by atoms with E-state index in [0.29, 0.717) is 17.6 Å². The highest BCUT2D eigenvalue weighted by molar-refractivity contribution is 6.30. The third-order valence-corrected chi connectivity index (χ3v) is 3.74. The molecule has 0 fully saturated rings. The molecule has 1 aromatic heterocycles. The van der Waals surface area contributed by atoms with Crippen LogP contribution in [0, 0.1) is 0 Å². The Labute approximate surface area is 126 Å². The number of para-hydroxylation sites is 2. The van der Waals surface area contributed by atoms with Crippen molar-refractivity contribution in [2.45, 2.75) is 12.6 Å². The summed E-state index contributed by atoms with van der Waals surface area (Å²) in [6.07, 6.45) is -0.0314. The van der Waals surface area contributed by atoms with Crippen LogP contribution >= 0.6 is 11.6 Å². The van der Waals surface area contributed by atoms with Crippen LogP contribution in [0.4, 0.5) is 0 Å². The van der Waals surface area contributed by atoms with Crippen molar-refractivity contribution in [3.63, 3.8) is 0 Å². The molecule has 21 heavy (non-hydrogen) atoms. The summed E-state index contributed by atoms with van der Waals surface area (Å²) < 4.78 is 13.7. The standard InChI is InChI=1S/C16H13ClN2O2/c17-11-4-3-5-12(8-11)20-10-13-9-19-15-7-2-1-6-14(15)18-16(19)21-13/h1-8,13H,9-10H2/t13-/m0/s1. The predicted molar refractivity (Wildman–Crippen MR) is 81.1 cm³/mol. The summed E-state index contributed by atoms with van der Waals surface area (Å²) in [5.41, 5.74) is 2.06. The SMILES string of the molecule is Clc1cccc(OC[C@@H]2Cn3c(nc4ccccc43)O2)c1. The highest BCUT2D eigenvalue weighted by Crippen LogP contribution is 2.28. The number of hydrogen-bond acceptors (Lipinski definition) is 3. The largest absolute Gasteiger partial charge is 0.490 e. The molecule has 4 nitrogen and oxygen atoms in total. The van der Waals surface area contributed by atoms with Gasteiger partial charge >= 0.3 is 0 Å². The molecular formula is C16H13ClN2O2. The first-order valence-corrected chi connectivity index (χ1v) is 7.18. The fourth-order valence-electron chi connectivity index (χ4n) is 2.54. The minimum Gasteiger partial charge on any atom is -0.490 e. The van der Waals surface area contributed by atoms with Gasteiger partial charge in [0.1, 0.15) is 12.4 Å². The average molecular weight is 301 g/mol.